The normalized spacial score (nSPS) is 16.2. The van der Waals surface area contributed by atoms with Crippen LogP contribution in [0.1, 0.15) is 30.0 Å². The van der Waals surface area contributed by atoms with Gasteiger partial charge >= 0.3 is 0 Å². The van der Waals surface area contributed by atoms with Crippen LogP contribution in [0.4, 0.5) is 14.6 Å². The summed E-state index contributed by atoms with van der Waals surface area (Å²) in [5, 5.41) is 8.80. The molecule has 172 valence electrons. The fourth-order valence-corrected chi connectivity index (χ4v) is 4.20. The van der Waals surface area contributed by atoms with Gasteiger partial charge in [-0.05, 0) is 37.1 Å². The standard InChI is InChI=1S/C23H24F2N6O2/c1-32-9-10-33-15-16-12-26-31(14-16)21-13-27-30-8-6-22(28-23(21)30)29-7-2-3-20(29)18-11-17(24)4-5-19(18)25/h4-6,8,11-14,20H,2-3,7,9-10,15H2,1H3/t20-/m1/s1. The summed E-state index contributed by atoms with van der Waals surface area (Å²) in [6.07, 6.45) is 8.72. The monoisotopic (exact) mass is 454 g/mol. The van der Waals surface area contributed by atoms with Crippen LogP contribution in [-0.4, -0.2) is 51.2 Å². The van der Waals surface area contributed by atoms with E-state index in [-0.39, 0.29) is 6.04 Å². The first-order chi connectivity index (χ1) is 16.1. The maximum absolute atomic E-state index is 14.5. The molecule has 0 spiro atoms. The van der Waals surface area contributed by atoms with Crippen LogP contribution in [0, 0.1) is 11.6 Å². The van der Waals surface area contributed by atoms with E-state index in [2.05, 4.69) is 10.2 Å². The Labute approximate surface area is 189 Å². The summed E-state index contributed by atoms with van der Waals surface area (Å²) in [6.45, 7) is 2.17. The van der Waals surface area contributed by atoms with Crippen LogP contribution in [0.5, 0.6) is 0 Å². The Morgan fingerprint density at radius 1 is 1.12 bits per heavy atom. The predicted molar refractivity (Wildman–Crippen MR) is 117 cm³/mol. The molecule has 0 N–H and O–H groups in total. The molecule has 1 aromatic carbocycles. The van der Waals surface area contributed by atoms with Crippen molar-refractivity contribution < 1.29 is 18.3 Å². The van der Waals surface area contributed by atoms with E-state index in [1.54, 1.807) is 28.7 Å². The van der Waals surface area contributed by atoms with Crippen molar-refractivity contribution in [1.29, 1.82) is 0 Å². The summed E-state index contributed by atoms with van der Waals surface area (Å²) >= 11 is 0. The number of methoxy groups -OCH3 is 1. The largest absolute Gasteiger partial charge is 0.382 e. The molecule has 4 aromatic rings. The lowest BCUT2D eigenvalue weighted by atomic mass is 10.0. The number of fused-ring (bicyclic) bond motifs is 1. The van der Waals surface area contributed by atoms with Crippen LogP contribution in [0.2, 0.25) is 0 Å². The van der Waals surface area contributed by atoms with Gasteiger partial charge in [0.1, 0.15) is 23.1 Å². The van der Waals surface area contributed by atoms with Crippen LogP contribution in [-0.2, 0) is 16.1 Å². The van der Waals surface area contributed by atoms with Crippen LogP contribution in [0.25, 0.3) is 11.3 Å². The molecule has 0 unspecified atom stereocenters. The van der Waals surface area contributed by atoms with Gasteiger partial charge < -0.3 is 14.4 Å². The third-order valence-corrected chi connectivity index (χ3v) is 5.78. The predicted octanol–water partition coefficient (Wildman–Crippen LogP) is 3.70. The fourth-order valence-electron chi connectivity index (χ4n) is 4.20. The van der Waals surface area contributed by atoms with Crippen molar-refractivity contribution in [2.75, 3.05) is 31.8 Å². The second-order valence-corrected chi connectivity index (χ2v) is 7.94. The molecule has 0 saturated carbocycles. The molecule has 1 saturated heterocycles. The average Bonchev–Trinajstić information content (AvgIpc) is 3.57. The summed E-state index contributed by atoms with van der Waals surface area (Å²) < 4.78 is 42.2. The van der Waals surface area contributed by atoms with Gasteiger partial charge in [0, 0.05) is 37.2 Å². The minimum absolute atomic E-state index is 0.275. The number of hydrogen-bond acceptors (Lipinski definition) is 6. The molecule has 1 fully saturated rings. The number of halogens is 2. The van der Waals surface area contributed by atoms with Crippen molar-refractivity contribution in [3.8, 4) is 5.69 Å². The Morgan fingerprint density at radius 2 is 2.03 bits per heavy atom. The summed E-state index contributed by atoms with van der Waals surface area (Å²) in [6, 6.07) is 5.17. The number of anilines is 1. The summed E-state index contributed by atoms with van der Waals surface area (Å²) in [5.41, 5.74) is 2.61. The number of nitrogens with zero attached hydrogens (tertiary/aromatic N) is 6. The number of ether oxygens (including phenoxy) is 2. The Kier molecular flexibility index (Phi) is 6.01. The molecule has 5 rings (SSSR count). The summed E-state index contributed by atoms with van der Waals surface area (Å²) in [5.74, 6) is -0.165. The maximum atomic E-state index is 14.5. The Balaban J connectivity index is 1.43. The second-order valence-electron chi connectivity index (χ2n) is 7.94. The van der Waals surface area contributed by atoms with E-state index in [1.807, 2.05) is 23.4 Å². The molecule has 0 amide bonds. The van der Waals surface area contributed by atoms with Gasteiger partial charge in [-0.1, -0.05) is 0 Å². The van der Waals surface area contributed by atoms with Gasteiger partial charge in [0.15, 0.2) is 5.65 Å². The molecule has 1 aliphatic rings. The highest BCUT2D eigenvalue weighted by Gasteiger charge is 2.30. The molecular weight excluding hydrogens is 430 g/mol. The van der Waals surface area contributed by atoms with E-state index in [0.717, 1.165) is 24.5 Å². The summed E-state index contributed by atoms with van der Waals surface area (Å²) in [4.78, 5) is 6.84. The van der Waals surface area contributed by atoms with E-state index in [9.17, 15) is 8.78 Å². The van der Waals surface area contributed by atoms with Crippen molar-refractivity contribution in [3.63, 3.8) is 0 Å². The smallest absolute Gasteiger partial charge is 0.183 e. The van der Waals surface area contributed by atoms with Gasteiger partial charge in [-0.3, -0.25) is 0 Å². The van der Waals surface area contributed by atoms with Crippen molar-refractivity contribution in [2.24, 2.45) is 0 Å². The van der Waals surface area contributed by atoms with Gasteiger partial charge in [0.25, 0.3) is 0 Å². The van der Waals surface area contributed by atoms with Crippen LogP contribution in [0.3, 0.4) is 0 Å². The molecule has 1 aliphatic heterocycles. The number of rotatable bonds is 8. The molecule has 3 aromatic heterocycles. The zero-order valence-electron chi connectivity index (χ0n) is 18.2. The minimum Gasteiger partial charge on any atom is -0.382 e. The highest BCUT2D eigenvalue weighted by Crippen LogP contribution is 2.37. The fraction of sp³-hybridized carbons (Fsp3) is 0.348. The first-order valence-electron chi connectivity index (χ1n) is 10.8. The second kappa shape index (κ2) is 9.24. The molecule has 10 heteroatoms. The number of hydrogen-bond donors (Lipinski definition) is 0. The van der Waals surface area contributed by atoms with Gasteiger partial charge in [-0.2, -0.15) is 10.2 Å². The first-order valence-corrected chi connectivity index (χ1v) is 10.8. The third kappa shape index (κ3) is 4.31. The average molecular weight is 454 g/mol. The third-order valence-electron chi connectivity index (χ3n) is 5.78. The van der Waals surface area contributed by atoms with Gasteiger partial charge in [0.05, 0.1) is 38.3 Å². The first kappa shape index (κ1) is 21.5. The molecule has 1 atom stereocenters. The Morgan fingerprint density at radius 3 is 2.91 bits per heavy atom. The lowest BCUT2D eigenvalue weighted by Gasteiger charge is -2.26. The molecule has 0 radical (unpaired) electrons. The number of benzene rings is 1. The van der Waals surface area contributed by atoms with E-state index in [0.29, 0.717) is 49.1 Å². The quantitative estimate of drug-likeness (QED) is 0.378. The van der Waals surface area contributed by atoms with E-state index < -0.39 is 11.6 Å². The molecule has 0 aliphatic carbocycles. The Hall–Kier alpha value is -3.37. The lowest BCUT2D eigenvalue weighted by Crippen LogP contribution is -2.24. The summed E-state index contributed by atoms with van der Waals surface area (Å²) in [7, 11) is 1.63. The highest BCUT2D eigenvalue weighted by atomic mass is 19.1. The van der Waals surface area contributed by atoms with Crippen molar-refractivity contribution in [2.45, 2.75) is 25.5 Å². The van der Waals surface area contributed by atoms with E-state index in [1.165, 1.54) is 12.1 Å². The topological polar surface area (TPSA) is 69.7 Å². The van der Waals surface area contributed by atoms with Crippen molar-refractivity contribution >= 4 is 11.5 Å². The van der Waals surface area contributed by atoms with Gasteiger partial charge in [-0.25, -0.2) is 23.0 Å². The molecule has 0 bridgehead atoms. The lowest BCUT2D eigenvalue weighted by molar-refractivity contribution is 0.0616. The van der Waals surface area contributed by atoms with E-state index >= 15 is 0 Å². The zero-order chi connectivity index (χ0) is 22.8. The van der Waals surface area contributed by atoms with Crippen molar-refractivity contribution in [3.05, 3.63) is 71.8 Å². The Bertz CT molecular complexity index is 1260. The SMILES string of the molecule is COCCOCc1cnn(-c2cnn3ccc(N4CCC[C@@H]4c4cc(F)ccc4F)nc23)c1. The molecule has 8 nitrogen and oxygen atoms in total. The number of aromatic nitrogens is 5. The van der Waals surface area contributed by atoms with Crippen LogP contribution >= 0.6 is 0 Å². The minimum atomic E-state index is -0.444. The van der Waals surface area contributed by atoms with Gasteiger partial charge in [0.2, 0.25) is 0 Å². The molecule has 4 heterocycles. The molecule has 33 heavy (non-hydrogen) atoms. The zero-order valence-corrected chi connectivity index (χ0v) is 18.2. The van der Waals surface area contributed by atoms with Crippen molar-refractivity contribution in [1.82, 2.24) is 24.4 Å². The highest BCUT2D eigenvalue weighted by molar-refractivity contribution is 5.61. The van der Waals surface area contributed by atoms with Crippen LogP contribution in [0.15, 0.2) is 49.1 Å². The van der Waals surface area contributed by atoms with E-state index in [4.69, 9.17) is 14.5 Å². The maximum Gasteiger partial charge on any atom is 0.183 e. The molecular formula is C23H24F2N6O2. The van der Waals surface area contributed by atoms with Crippen LogP contribution < -0.4 is 4.90 Å². The van der Waals surface area contributed by atoms with Gasteiger partial charge in [-0.15, -0.1) is 0 Å².